The standard InChI is InChI=1S/C6H5NO3/c1-4(8)10-6-3-2-5(9)7-6/h2-3H,1H3. The minimum Gasteiger partial charge on any atom is -0.408 e. The molecule has 1 amide bonds. The Morgan fingerprint density at radius 1 is 1.60 bits per heavy atom. The van der Waals surface area contributed by atoms with Gasteiger partial charge in [0.2, 0.25) is 5.90 Å². The molecule has 0 aromatic carbocycles. The summed E-state index contributed by atoms with van der Waals surface area (Å²) in [7, 11) is 0. The Kier molecular flexibility index (Phi) is 1.62. The van der Waals surface area contributed by atoms with Crippen LogP contribution in [0.3, 0.4) is 0 Å². The molecular formula is C6H5NO3. The molecule has 0 radical (unpaired) electrons. The second-order valence-corrected chi connectivity index (χ2v) is 1.72. The summed E-state index contributed by atoms with van der Waals surface area (Å²) >= 11 is 0. The summed E-state index contributed by atoms with van der Waals surface area (Å²) in [6.45, 7) is 1.25. The van der Waals surface area contributed by atoms with E-state index in [2.05, 4.69) is 9.73 Å². The fourth-order valence-electron chi connectivity index (χ4n) is 0.530. The summed E-state index contributed by atoms with van der Waals surface area (Å²) < 4.78 is 4.49. The lowest BCUT2D eigenvalue weighted by Gasteiger charge is -1.93. The first-order chi connectivity index (χ1) is 4.68. The molecule has 52 valence electrons. The average molecular weight is 139 g/mol. The van der Waals surface area contributed by atoms with Crippen LogP contribution in [0.25, 0.3) is 0 Å². The summed E-state index contributed by atoms with van der Waals surface area (Å²) in [4.78, 5) is 24.0. The molecule has 1 heterocycles. The fraction of sp³-hybridized carbons (Fsp3) is 0.167. The number of hydrogen-bond acceptors (Lipinski definition) is 3. The molecule has 0 fully saturated rings. The van der Waals surface area contributed by atoms with Crippen LogP contribution in [0, 0.1) is 0 Å². The molecule has 0 spiro atoms. The molecule has 0 aliphatic carbocycles. The van der Waals surface area contributed by atoms with Crippen molar-refractivity contribution in [3.63, 3.8) is 0 Å². The van der Waals surface area contributed by atoms with Crippen molar-refractivity contribution in [1.82, 2.24) is 0 Å². The van der Waals surface area contributed by atoms with Gasteiger partial charge in [-0.05, 0) is 0 Å². The number of ether oxygens (including phenoxy) is 1. The van der Waals surface area contributed by atoms with Gasteiger partial charge in [-0.2, -0.15) is 4.99 Å². The van der Waals surface area contributed by atoms with E-state index in [0.717, 1.165) is 0 Å². The van der Waals surface area contributed by atoms with E-state index in [9.17, 15) is 9.59 Å². The maximum Gasteiger partial charge on any atom is 0.309 e. The van der Waals surface area contributed by atoms with Crippen LogP contribution < -0.4 is 0 Å². The third kappa shape index (κ3) is 1.51. The normalized spacial score (nSPS) is 15.3. The second kappa shape index (κ2) is 2.43. The molecule has 0 saturated heterocycles. The van der Waals surface area contributed by atoms with E-state index >= 15 is 0 Å². The van der Waals surface area contributed by atoms with E-state index in [1.165, 1.54) is 19.1 Å². The van der Waals surface area contributed by atoms with Gasteiger partial charge in [0.25, 0.3) is 5.91 Å². The molecule has 1 rings (SSSR count). The van der Waals surface area contributed by atoms with Crippen molar-refractivity contribution >= 4 is 17.8 Å². The van der Waals surface area contributed by atoms with Gasteiger partial charge in [-0.15, -0.1) is 0 Å². The first-order valence-corrected chi connectivity index (χ1v) is 2.67. The summed E-state index contributed by atoms with van der Waals surface area (Å²) in [6.07, 6.45) is 2.59. The number of rotatable bonds is 0. The molecule has 0 aromatic heterocycles. The van der Waals surface area contributed by atoms with Crippen LogP contribution in [0.4, 0.5) is 0 Å². The van der Waals surface area contributed by atoms with Crippen LogP contribution in [-0.2, 0) is 14.3 Å². The molecule has 0 unspecified atom stereocenters. The van der Waals surface area contributed by atoms with Gasteiger partial charge < -0.3 is 4.74 Å². The van der Waals surface area contributed by atoms with E-state index < -0.39 is 11.9 Å². The smallest absolute Gasteiger partial charge is 0.309 e. The third-order valence-electron chi connectivity index (χ3n) is 0.837. The van der Waals surface area contributed by atoms with Crippen molar-refractivity contribution in [3.05, 3.63) is 12.2 Å². The fourth-order valence-corrected chi connectivity index (χ4v) is 0.530. The molecule has 1 aliphatic heterocycles. The molecule has 4 heteroatoms. The van der Waals surface area contributed by atoms with Crippen molar-refractivity contribution in [2.24, 2.45) is 4.99 Å². The molecule has 0 atom stereocenters. The minimum absolute atomic E-state index is 0.0671. The van der Waals surface area contributed by atoms with Gasteiger partial charge in [0, 0.05) is 19.1 Å². The molecule has 1 aliphatic rings. The highest BCUT2D eigenvalue weighted by Crippen LogP contribution is 1.96. The monoisotopic (exact) mass is 139 g/mol. The van der Waals surface area contributed by atoms with Gasteiger partial charge in [-0.1, -0.05) is 0 Å². The molecule has 0 N–H and O–H groups in total. The topological polar surface area (TPSA) is 55.7 Å². The predicted octanol–water partition coefficient (Wildman–Crippen LogP) is 0.0444. The SMILES string of the molecule is CC(=O)OC1=NC(=O)C=C1. The van der Waals surface area contributed by atoms with E-state index in [4.69, 9.17) is 0 Å². The Balaban J connectivity index is 2.60. The first kappa shape index (κ1) is 6.67. The van der Waals surface area contributed by atoms with Gasteiger partial charge in [0.15, 0.2) is 0 Å². The largest absolute Gasteiger partial charge is 0.408 e. The van der Waals surface area contributed by atoms with Crippen molar-refractivity contribution in [2.75, 3.05) is 0 Å². The quantitative estimate of drug-likeness (QED) is 0.445. The highest BCUT2D eigenvalue weighted by Gasteiger charge is 2.08. The first-order valence-electron chi connectivity index (χ1n) is 2.67. The summed E-state index contributed by atoms with van der Waals surface area (Å²) in [5.74, 6) is -0.799. The van der Waals surface area contributed by atoms with Crippen LogP contribution in [0.1, 0.15) is 6.92 Å². The molecule has 0 saturated carbocycles. The molecular weight excluding hydrogens is 134 g/mol. The average Bonchev–Trinajstić information content (AvgIpc) is 2.13. The van der Waals surface area contributed by atoms with E-state index in [1.54, 1.807) is 0 Å². The highest BCUT2D eigenvalue weighted by molar-refractivity contribution is 6.11. The predicted molar refractivity (Wildman–Crippen MR) is 33.3 cm³/mol. The Morgan fingerprint density at radius 2 is 2.30 bits per heavy atom. The lowest BCUT2D eigenvalue weighted by atomic mass is 10.5. The number of nitrogens with zero attached hydrogens (tertiary/aromatic N) is 1. The van der Waals surface area contributed by atoms with Crippen molar-refractivity contribution in [3.8, 4) is 0 Å². The minimum atomic E-state index is -0.474. The van der Waals surface area contributed by atoms with Crippen LogP contribution in [0.5, 0.6) is 0 Å². The van der Waals surface area contributed by atoms with Crippen LogP contribution >= 0.6 is 0 Å². The van der Waals surface area contributed by atoms with Gasteiger partial charge in [0.1, 0.15) is 0 Å². The second-order valence-electron chi connectivity index (χ2n) is 1.72. The van der Waals surface area contributed by atoms with Crippen LogP contribution in [0.2, 0.25) is 0 Å². The Hall–Kier alpha value is -1.45. The lowest BCUT2D eigenvalue weighted by molar-refractivity contribution is -0.132. The van der Waals surface area contributed by atoms with Gasteiger partial charge in [-0.25, -0.2) is 0 Å². The Bertz CT molecular complexity index is 239. The zero-order valence-corrected chi connectivity index (χ0v) is 5.33. The maximum atomic E-state index is 10.4. The van der Waals surface area contributed by atoms with E-state index in [1.807, 2.05) is 0 Å². The maximum absolute atomic E-state index is 10.4. The zero-order chi connectivity index (χ0) is 7.56. The number of hydrogen-bond donors (Lipinski definition) is 0. The molecule has 10 heavy (non-hydrogen) atoms. The lowest BCUT2D eigenvalue weighted by Crippen LogP contribution is -2.04. The number of carbonyl (C=O) groups is 2. The number of amides is 1. The number of carbonyl (C=O) groups excluding carboxylic acids is 2. The van der Waals surface area contributed by atoms with Gasteiger partial charge in [-0.3, -0.25) is 9.59 Å². The summed E-state index contributed by atoms with van der Waals surface area (Å²) in [6, 6.07) is 0. The highest BCUT2D eigenvalue weighted by atomic mass is 16.5. The summed E-state index contributed by atoms with van der Waals surface area (Å²) in [5.41, 5.74) is 0. The van der Waals surface area contributed by atoms with Crippen molar-refractivity contribution < 1.29 is 14.3 Å². The third-order valence-corrected chi connectivity index (χ3v) is 0.837. The van der Waals surface area contributed by atoms with Gasteiger partial charge in [0.05, 0.1) is 0 Å². The van der Waals surface area contributed by atoms with Crippen molar-refractivity contribution in [2.45, 2.75) is 6.92 Å². The Labute approximate surface area is 57.2 Å². The molecule has 0 bridgehead atoms. The van der Waals surface area contributed by atoms with Crippen LogP contribution in [-0.4, -0.2) is 17.8 Å². The Morgan fingerprint density at radius 3 is 2.70 bits per heavy atom. The molecule has 4 nitrogen and oxygen atoms in total. The summed E-state index contributed by atoms with van der Waals surface area (Å²) in [5, 5.41) is 0. The number of aliphatic imine (C=N–C) groups is 1. The van der Waals surface area contributed by atoms with E-state index in [-0.39, 0.29) is 5.90 Å². The molecule has 0 aromatic rings. The number of esters is 1. The van der Waals surface area contributed by atoms with Gasteiger partial charge >= 0.3 is 5.97 Å². The van der Waals surface area contributed by atoms with Crippen LogP contribution in [0.15, 0.2) is 17.1 Å². The van der Waals surface area contributed by atoms with Crippen molar-refractivity contribution in [1.29, 1.82) is 0 Å². The van der Waals surface area contributed by atoms with E-state index in [0.29, 0.717) is 0 Å². The zero-order valence-electron chi connectivity index (χ0n) is 5.33.